The minimum atomic E-state index is -0.962. The molecule has 1 saturated heterocycles. The lowest BCUT2D eigenvalue weighted by molar-refractivity contribution is -0.142. The van der Waals surface area contributed by atoms with Crippen LogP contribution in [-0.4, -0.2) is 40.8 Å². The number of amides is 1. The first-order valence-corrected chi connectivity index (χ1v) is 9.68. The summed E-state index contributed by atoms with van der Waals surface area (Å²) in [5, 5.41) is 9.55. The standard InChI is InChI=1S/C23H21NO4/c25-22(26)21-12-14-6-5-11-20(14)24(21)23(27)28-13-19-17-9-3-1-7-15(17)16-8-2-4-10-18(16)19/h1-5,7-11,14,19-21H,6,12-13H2,(H,25,26). The molecule has 2 aromatic rings. The Morgan fingerprint density at radius 1 is 1.04 bits per heavy atom. The van der Waals surface area contributed by atoms with Crippen molar-refractivity contribution in [1.82, 2.24) is 4.90 Å². The fourth-order valence-electron chi connectivity index (χ4n) is 4.99. The number of allylic oxidation sites excluding steroid dienone is 1. The molecule has 1 amide bonds. The average Bonchev–Trinajstić information content (AvgIpc) is 3.37. The normalized spacial score (nSPS) is 24.7. The van der Waals surface area contributed by atoms with Gasteiger partial charge in [0.15, 0.2) is 0 Å². The lowest BCUT2D eigenvalue weighted by atomic mass is 9.98. The Morgan fingerprint density at radius 3 is 2.32 bits per heavy atom. The maximum absolute atomic E-state index is 12.9. The highest BCUT2D eigenvalue weighted by Gasteiger charge is 2.48. The third kappa shape index (κ3) is 2.53. The van der Waals surface area contributed by atoms with Crippen molar-refractivity contribution in [3.8, 4) is 11.1 Å². The van der Waals surface area contributed by atoms with Crippen LogP contribution in [0.15, 0.2) is 60.7 Å². The second-order valence-electron chi connectivity index (χ2n) is 7.72. The zero-order valence-electron chi connectivity index (χ0n) is 15.3. The summed E-state index contributed by atoms with van der Waals surface area (Å²) in [6, 6.07) is 15.3. The summed E-state index contributed by atoms with van der Waals surface area (Å²) in [7, 11) is 0. The van der Waals surface area contributed by atoms with Crippen LogP contribution in [0.3, 0.4) is 0 Å². The Bertz CT molecular complexity index is 937. The molecule has 0 saturated carbocycles. The molecule has 2 aliphatic carbocycles. The van der Waals surface area contributed by atoms with Crippen LogP contribution in [0, 0.1) is 5.92 Å². The quantitative estimate of drug-likeness (QED) is 0.823. The van der Waals surface area contributed by atoms with E-state index in [4.69, 9.17) is 4.74 Å². The van der Waals surface area contributed by atoms with Gasteiger partial charge < -0.3 is 9.84 Å². The number of carbonyl (C=O) groups is 2. The molecule has 0 radical (unpaired) electrons. The topological polar surface area (TPSA) is 66.8 Å². The number of hydrogen-bond acceptors (Lipinski definition) is 3. The van der Waals surface area contributed by atoms with Gasteiger partial charge in [-0.15, -0.1) is 0 Å². The molecular formula is C23H21NO4. The van der Waals surface area contributed by atoms with Gasteiger partial charge in [-0.3, -0.25) is 4.90 Å². The number of carboxylic acids is 1. The number of ether oxygens (including phenoxy) is 1. The predicted octanol–water partition coefficient (Wildman–Crippen LogP) is 4.04. The second-order valence-corrected chi connectivity index (χ2v) is 7.72. The second kappa shape index (κ2) is 6.51. The Hall–Kier alpha value is -3.08. The van der Waals surface area contributed by atoms with Gasteiger partial charge in [0.25, 0.3) is 0 Å². The van der Waals surface area contributed by atoms with Crippen LogP contribution in [0.5, 0.6) is 0 Å². The molecule has 5 rings (SSSR count). The zero-order chi connectivity index (χ0) is 19.3. The van der Waals surface area contributed by atoms with E-state index in [2.05, 4.69) is 24.3 Å². The van der Waals surface area contributed by atoms with E-state index in [1.807, 2.05) is 36.4 Å². The van der Waals surface area contributed by atoms with E-state index >= 15 is 0 Å². The minimum absolute atomic E-state index is 0.0304. The fourth-order valence-corrected chi connectivity index (χ4v) is 4.99. The molecule has 3 unspecified atom stereocenters. The first-order valence-electron chi connectivity index (χ1n) is 9.68. The first kappa shape index (κ1) is 17.0. The number of fused-ring (bicyclic) bond motifs is 4. The van der Waals surface area contributed by atoms with Gasteiger partial charge in [-0.2, -0.15) is 0 Å². The van der Waals surface area contributed by atoms with Crippen molar-refractivity contribution in [2.24, 2.45) is 5.92 Å². The van der Waals surface area contributed by atoms with E-state index in [9.17, 15) is 14.7 Å². The number of benzene rings is 2. The molecule has 3 aliphatic rings. The first-order chi connectivity index (χ1) is 13.6. The summed E-state index contributed by atoms with van der Waals surface area (Å²) < 4.78 is 5.70. The molecule has 0 bridgehead atoms. The Labute approximate surface area is 163 Å². The van der Waals surface area contributed by atoms with E-state index < -0.39 is 18.1 Å². The predicted molar refractivity (Wildman–Crippen MR) is 104 cm³/mol. The molecule has 2 aromatic carbocycles. The van der Waals surface area contributed by atoms with Gasteiger partial charge >= 0.3 is 12.1 Å². The smallest absolute Gasteiger partial charge is 0.411 e. The fraction of sp³-hybridized carbons (Fsp3) is 0.304. The number of carbonyl (C=O) groups excluding carboxylic acids is 1. The summed E-state index contributed by atoms with van der Waals surface area (Å²) in [5.41, 5.74) is 4.63. The number of carboxylic acid groups (broad SMARTS) is 1. The largest absolute Gasteiger partial charge is 0.480 e. The summed E-state index contributed by atoms with van der Waals surface area (Å²) in [4.78, 5) is 26.0. The molecule has 1 heterocycles. The number of hydrogen-bond donors (Lipinski definition) is 1. The van der Waals surface area contributed by atoms with Crippen molar-refractivity contribution < 1.29 is 19.4 Å². The Balaban J connectivity index is 1.38. The van der Waals surface area contributed by atoms with Gasteiger partial charge in [0, 0.05) is 5.92 Å². The molecule has 0 spiro atoms. The van der Waals surface area contributed by atoms with Crippen LogP contribution in [0.1, 0.15) is 29.9 Å². The lowest BCUT2D eigenvalue weighted by Crippen LogP contribution is -2.45. The van der Waals surface area contributed by atoms with Crippen molar-refractivity contribution in [3.63, 3.8) is 0 Å². The monoisotopic (exact) mass is 375 g/mol. The van der Waals surface area contributed by atoms with Crippen molar-refractivity contribution >= 4 is 12.1 Å². The molecule has 0 aromatic heterocycles. The summed E-state index contributed by atoms with van der Waals surface area (Å²) in [6.07, 6.45) is 4.73. The van der Waals surface area contributed by atoms with Crippen LogP contribution in [-0.2, 0) is 9.53 Å². The van der Waals surface area contributed by atoms with E-state index in [1.165, 1.54) is 16.0 Å². The lowest BCUT2D eigenvalue weighted by Gasteiger charge is -2.26. The van der Waals surface area contributed by atoms with Crippen LogP contribution < -0.4 is 0 Å². The maximum Gasteiger partial charge on any atom is 0.411 e. The van der Waals surface area contributed by atoms with Gasteiger partial charge in [-0.05, 0) is 41.0 Å². The van der Waals surface area contributed by atoms with Gasteiger partial charge in [-0.1, -0.05) is 60.7 Å². The van der Waals surface area contributed by atoms with E-state index in [-0.39, 0.29) is 24.5 Å². The van der Waals surface area contributed by atoms with Crippen molar-refractivity contribution in [2.75, 3.05) is 6.61 Å². The highest BCUT2D eigenvalue weighted by atomic mass is 16.6. The van der Waals surface area contributed by atoms with Crippen LogP contribution in [0.25, 0.3) is 11.1 Å². The Morgan fingerprint density at radius 2 is 1.68 bits per heavy atom. The molecular weight excluding hydrogens is 354 g/mol. The van der Waals surface area contributed by atoms with Gasteiger partial charge in [0.05, 0.1) is 6.04 Å². The van der Waals surface area contributed by atoms with Gasteiger partial charge in [-0.25, -0.2) is 9.59 Å². The van der Waals surface area contributed by atoms with E-state index in [1.54, 1.807) is 0 Å². The molecule has 1 fully saturated rings. The van der Waals surface area contributed by atoms with Crippen molar-refractivity contribution in [1.29, 1.82) is 0 Å². The molecule has 142 valence electrons. The molecule has 1 N–H and O–H groups in total. The third-order valence-corrected chi connectivity index (χ3v) is 6.27. The Kier molecular flexibility index (Phi) is 3.97. The molecule has 1 aliphatic heterocycles. The van der Waals surface area contributed by atoms with Crippen LogP contribution in [0.4, 0.5) is 4.79 Å². The van der Waals surface area contributed by atoms with Gasteiger partial charge in [0.2, 0.25) is 0 Å². The third-order valence-electron chi connectivity index (χ3n) is 6.27. The van der Waals surface area contributed by atoms with Gasteiger partial charge in [0.1, 0.15) is 12.6 Å². The molecule has 5 heteroatoms. The number of nitrogens with zero attached hydrogens (tertiary/aromatic N) is 1. The summed E-state index contributed by atoms with van der Waals surface area (Å²) in [5.74, 6) is -0.810. The molecule has 28 heavy (non-hydrogen) atoms. The van der Waals surface area contributed by atoms with Crippen molar-refractivity contribution in [2.45, 2.75) is 30.8 Å². The molecule has 3 atom stereocenters. The maximum atomic E-state index is 12.9. The highest BCUT2D eigenvalue weighted by molar-refractivity contribution is 5.82. The zero-order valence-corrected chi connectivity index (χ0v) is 15.3. The molecule has 5 nitrogen and oxygen atoms in total. The average molecular weight is 375 g/mol. The van der Waals surface area contributed by atoms with E-state index in [0.29, 0.717) is 6.42 Å². The SMILES string of the molecule is O=C(O)C1CC2CC=CC2N1C(=O)OCC1c2ccccc2-c2ccccc21. The summed E-state index contributed by atoms with van der Waals surface area (Å²) >= 11 is 0. The highest BCUT2D eigenvalue weighted by Crippen LogP contribution is 2.45. The number of likely N-dealkylation sites (tertiary alicyclic amines) is 1. The van der Waals surface area contributed by atoms with Crippen LogP contribution in [0.2, 0.25) is 0 Å². The number of rotatable bonds is 3. The summed E-state index contributed by atoms with van der Waals surface area (Å²) in [6.45, 7) is 0.205. The van der Waals surface area contributed by atoms with Crippen molar-refractivity contribution in [3.05, 3.63) is 71.8 Å². The van der Waals surface area contributed by atoms with E-state index in [0.717, 1.165) is 17.5 Å². The minimum Gasteiger partial charge on any atom is -0.480 e. The number of aliphatic carboxylic acids is 1. The van der Waals surface area contributed by atoms with Crippen LogP contribution >= 0.6 is 0 Å².